The van der Waals surface area contributed by atoms with Gasteiger partial charge in [0.05, 0.1) is 6.61 Å². The number of esters is 1. The largest absolute Gasteiger partial charge is 0.465 e. The van der Waals surface area contributed by atoms with E-state index in [0.29, 0.717) is 25.7 Å². The maximum Gasteiger partial charge on any atom is 0.323 e. The van der Waals surface area contributed by atoms with Crippen molar-refractivity contribution in [1.29, 1.82) is 0 Å². The highest BCUT2D eigenvalue weighted by Crippen LogP contribution is 2.58. The van der Waals surface area contributed by atoms with Crippen LogP contribution in [0.4, 0.5) is 0 Å². The minimum atomic E-state index is -2.90. The van der Waals surface area contributed by atoms with Crippen molar-refractivity contribution in [3.05, 3.63) is 0 Å². The topological polar surface area (TPSA) is 46.6 Å². The van der Waals surface area contributed by atoms with Gasteiger partial charge in [-0.15, -0.1) is 0 Å². The zero-order valence-electron chi connectivity index (χ0n) is 11.2. The van der Waals surface area contributed by atoms with Gasteiger partial charge in [0.1, 0.15) is 6.04 Å². The van der Waals surface area contributed by atoms with Gasteiger partial charge >= 0.3 is 5.97 Å². The molecule has 1 heterocycles. The van der Waals surface area contributed by atoms with E-state index in [1.54, 1.807) is 11.6 Å². The molecule has 1 rings (SSSR count). The van der Waals surface area contributed by atoms with Crippen LogP contribution in [0.15, 0.2) is 0 Å². The summed E-state index contributed by atoms with van der Waals surface area (Å²) < 4.78 is 19.2. The zero-order chi connectivity index (χ0) is 13.6. The van der Waals surface area contributed by atoms with E-state index >= 15 is 0 Å². The zero-order valence-corrected chi connectivity index (χ0v) is 12.9. The molecule has 1 aliphatic rings. The number of hydrogen-bond acceptors (Lipinski definition) is 3. The van der Waals surface area contributed by atoms with E-state index in [2.05, 4.69) is 6.92 Å². The number of ether oxygens (including phenoxy) is 1. The van der Waals surface area contributed by atoms with Crippen LogP contribution in [0.3, 0.4) is 0 Å². The first-order chi connectivity index (χ1) is 8.53. The minimum absolute atomic E-state index is 0.286. The van der Waals surface area contributed by atoms with Crippen molar-refractivity contribution in [1.82, 2.24) is 4.67 Å². The van der Waals surface area contributed by atoms with E-state index in [9.17, 15) is 9.36 Å². The Kier molecular flexibility index (Phi) is 6.68. The van der Waals surface area contributed by atoms with Gasteiger partial charge in [-0.1, -0.05) is 19.8 Å². The Morgan fingerprint density at radius 1 is 1.44 bits per heavy atom. The third-order valence-electron chi connectivity index (χ3n) is 3.20. The van der Waals surface area contributed by atoms with Crippen LogP contribution in [0.25, 0.3) is 0 Å². The van der Waals surface area contributed by atoms with Crippen LogP contribution >= 0.6 is 17.9 Å². The van der Waals surface area contributed by atoms with E-state index in [-0.39, 0.29) is 5.97 Å². The molecule has 18 heavy (non-hydrogen) atoms. The Labute approximate surface area is 114 Å². The third-order valence-corrected chi connectivity index (χ3v) is 6.41. The van der Waals surface area contributed by atoms with Gasteiger partial charge in [-0.25, -0.2) is 4.67 Å². The summed E-state index contributed by atoms with van der Waals surface area (Å²) in [5.41, 5.74) is 0. The lowest BCUT2D eigenvalue weighted by molar-refractivity contribution is -0.146. The van der Waals surface area contributed by atoms with Gasteiger partial charge in [0.2, 0.25) is 6.65 Å². The van der Waals surface area contributed by atoms with Gasteiger partial charge in [-0.3, -0.25) is 9.36 Å². The molecule has 1 saturated heterocycles. The maximum absolute atomic E-state index is 12.5. The van der Waals surface area contributed by atoms with Gasteiger partial charge in [0.25, 0.3) is 0 Å². The normalized spacial score (nSPS) is 23.8. The Morgan fingerprint density at radius 3 is 2.78 bits per heavy atom. The first-order valence-corrected chi connectivity index (χ1v) is 9.50. The second kappa shape index (κ2) is 7.52. The van der Waals surface area contributed by atoms with E-state index in [1.807, 2.05) is 0 Å². The van der Waals surface area contributed by atoms with Crippen molar-refractivity contribution in [2.75, 3.05) is 19.3 Å². The number of hydrogen-bond donors (Lipinski definition) is 0. The average molecular weight is 296 g/mol. The second-order valence-electron chi connectivity index (χ2n) is 4.62. The van der Waals surface area contributed by atoms with Crippen molar-refractivity contribution in [2.45, 2.75) is 52.0 Å². The third kappa shape index (κ3) is 4.25. The monoisotopic (exact) mass is 295 g/mol. The van der Waals surface area contributed by atoms with Crippen molar-refractivity contribution in [2.24, 2.45) is 0 Å². The Bertz CT molecular complexity index is 324. The molecule has 0 aromatic rings. The fourth-order valence-corrected chi connectivity index (χ4v) is 5.11. The molecule has 0 radical (unpaired) electrons. The Balaban J connectivity index is 2.61. The number of nitrogens with zero attached hydrogens (tertiary/aromatic N) is 1. The summed E-state index contributed by atoms with van der Waals surface area (Å²) in [6, 6.07) is -0.407. The summed E-state index contributed by atoms with van der Waals surface area (Å²) in [7, 11) is 0. The molecule has 2 atom stereocenters. The highest BCUT2D eigenvalue weighted by molar-refractivity contribution is 7.87. The summed E-state index contributed by atoms with van der Waals surface area (Å²) in [5.74, 6) is -0.286. The molecule has 0 aromatic carbocycles. The number of unbranched alkanes of at least 4 members (excludes halogenated alkanes) is 2. The molecule has 0 aliphatic carbocycles. The Morgan fingerprint density at radius 2 is 2.17 bits per heavy atom. The van der Waals surface area contributed by atoms with Gasteiger partial charge in [0.15, 0.2) is 0 Å². The van der Waals surface area contributed by atoms with Crippen molar-refractivity contribution in [3.8, 4) is 0 Å². The molecule has 1 aliphatic heterocycles. The molecule has 0 bridgehead atoms. The average Bonchev–Trinajstić information content (AvgIpc) is 2.79. The molecule has 4 nitrogen and oxygen atoms in total. The highest BCUT2D eigenvalue weighted by Gasteiger charge is 2.41. The molecule has 0 saturated carbocycles. The smallest absolute Gasteiger partial charge is 0.323 e. The molecular weight excluding hydrogens is 273 g/mol. The van der Waals surface area contributed by atoms with Crippen LogP contribution in [0.1, 0.15) is 46.0 Å². The van der Waals surface area contributed by atoms with Crippen LogP contribution in [-0.2, 0) is 14.1 Å². The van der Waals surface area contributed by atoms with Crippen LogP contribution in [0.5, 0.6) is 0 Å². The minimum Gasteiger partial charge on any atom is -0.465 e. The van der Waals surface area contributed by atoms with Gasteiger partial charge in [-0.2, -0.15) is 0 Å². The fraction of sp³-hybridized carbons (Fsp3) is 0.917. The van der Waals surface area contributed by atoms with Gasteiger partial charge < -0.3 is 4.74 Å². The molecule has 0 amide bonds. The summed E-state index contributed by atoms with van der Waals surface area (Å²) >= 11 is 6.19. The van der Waals surface area contributed by atoms with Crippen LogP contribution in [0.2, 0.25) is 0 Å². The Hall–Kier alpha value is -0.0500. The van der Waals surface area contributed by atoms with Crippen molar-refractivity contribution >= 4 is 23.9 Å². The lowest BCUT2D eigenvalue weighted by Crippen LogP contribution is -2.34. The quantitative estimate of drug-likeness (QED) is 0.409. The molecule has 1 fully saturated rings. The number of halogens is 1. The molecule has 106 valence electrons. The predicted octanol–water partition coefficient (Wildman–Crippen LogP) is 3.64. The van der Waals surface area contributed by atoms with Crippen molar-refractivity contribution < 1.29 is 14.1 Å². The first kappa shape index (κ1) is 16.0. The van der Waals surface area contributed by atoms with Crippen molar-refractivity contribution in [3.63, 3.8) is 0 Å². The molecule has 6 heteroatoms. The summed E-state index contributed by atoms with van der Waals surface area (Å²) in [5, 5.41) is 0. The fourth-order valence-electron chi connectivity index (χ4n) is 2.27. The summed E-state index contributed by atoms with van der Waals surface area (Å²) in [6.07, 6.45) is 4.98. The van der Waals surface area contributed by atoms with Crippen LogP contribution in [0, 0.1) is 0 Å². The molecule has 2 unspecified atom stereocenters. The lowest BCUT2D eigenvalue weighted by atomic mass is 10.2. The highest BCUT2D eigenvalue weighted by atomic mass is 35.7. The molecule has 0 N–H and O–H groups in total. The standard InChI is InChI=1S/C12H23ClNO3P/c1-3-5-6-10-18(13,16)14-9-7-8-11(14)12(15)17-4-2/h11H,3-10H2,1-2H3. The van der Waals surface area contributed by atoms with Gasteiger partial charge in [0, 0.05) is 12.7 Å². The predicted molar refractivity (Wildman–Crippen MR) is 74.2 cm³/mol. The first-order valence-electron chi connectivity index (χ1n) is 6.75. The second-order valence-corrected chi connectivity index (χ2v) is 8.40. The van der Waals surface area contributed by atoms with E-state index in [1.165, 1.54) is 0 Å². The summed E-state index contributed by atoms with van der Waals surface area (Å²) in [6.45, 7) is 1.96. The van der Waals surface area contributed by atoms with E-state index in [0.717, 1.165) is 25.7 Å². The van der Waals surface area contributed by atoms with E-state index in [4.69, 9.17) is 16.0 Å². The molecular formula is C12H23ClNO3P. The van der Waals surface area contributed by atoms with E-state index < -0.39 is 12.7 Å². The van der Waals surface area contributed by atoms with Crippen LogP contribution in [-0.4, -0.2) is 36.0 Å². The summed E-state index contributed by atoms with van der Waals surface area (Å²) in [4.78, 5) is 11.8. The molecule has 0 spiro atoms. The van der Waals surface area contributed by atoms with Crippen LogP contribution < -0.4 is 0 Å². The van der Waals surface area contributed by atoms with Gasteiger partial charge in [-0.05, 0) is 37.4 Å². The molecule has 0 aromatic heterocycles. The lowest BCUT2D eigenvalue weighted by Gasteiger charge is -2.27. The SMILES string of the molecule is CCCCCP(=O)(Cl)N1CCCC1C(=O)OCC. The maximum atomic E-state index is 12.5. The number of carbonyl (C=O) groups is 1. The number of rotatable bonds is 7. The number of carbonyl (C=O) groups excluding carboxylic acids is 1.